The average molecular weight is 244 g/mol. The van der Waals surface area contributed by atoms with Crippen LogP contribution in [0.2, 0.25) is 0 Å². The fraction of sp³-hybridized carbons (Fsp3) is 0.571. The van der Waals surface area contributed by atoms with E-state index in [1.54, 1.807) is 0 Å². The van der Waals surface area contributed by atoms with E-state index in [0.717, 1.165) is 29.5 Å². The Hall–Kier alpha value is -1.42. The van der Waals surface area contributed by atoms with Crippen LogP contribution in [-0.2, 0) is 6.54 Å². The maximum atomic E-state index is 4.58. The normalized spacial score (nSPS) is 21.6. The monoisotopic (exact) mass is 244 g/mol. The first kappa shape index (κ1) is 11.7. The second-order valence-electron chi connectivity index (χ2n) is 5.39. The third kappa shape index (κ3) is 2.12. The highest BCUT2D eigenvalue weighted by atomic mass is 15.1. The van der Waals surface area contributed by atoms with Crippen molar-refractivity contribution < 1.29 is 0 Å². The molecule has 0 spiro atoms. The molecule has 4 nitrogen and oxygen atoms in total. The lowest BCUT2D eigenvalue weighted by molar-refractivity contribution is 0.195. The van der Waals surface area contributed by atoms with E-state index in [4.69, 9.17) is 0 Å². The van der Waals surface area contributed by atoms with Crippen molar-refractivity contribution in [3.63, 3.8) is 0 Å². The van der Waals surface area contributed by atoms with Crippen LogP contribution >= 0.6 is 0 Å². The number of piperidine rings is 1. The minimum Gasteiger partial charge on any atom is -0.313 e. The van der Waals surface area contributed by atoms with Crippen molar-refractivity contribution >= 4 is 11.2 Å². The van der Waals surface area contributed by atoms with E-state index < -0.39 is 0 Å². The van der Waals surface area contributed by atoms with Crippen molar-refractivity contribution in [2.75, 3.05) is 20.1 Å². The van der Waals surface area contributed by atoms with E-state index >= 15 is 0 Å². The summed E-state index contributed by atoms with van der Waals surface area (Å²) in [6.07, 6.45) is 4.48. The van der Waals surface area contributed by atoms with E-state index in [1.165, 1.54) is 25.9 Å². The number of pyridine rings is 1. The lowest BCUT2D eigenvalue weighted by Crippen LogP contribution is -2.34. The summed E-state index contributed by atoms with van der Waals surface area (Å²) in [6, 6.07) is 3.99. The molecule has 0 bridgehead atoms. The van der Waals surface area contributed by atoms with E-state index in [9.17, 15) is 0 Å². The number of imidazole rings is 1. The molecule has 0 saturated carbocycles. The van der Waals surface area contributed by atoms with Crippen LogP contribution < -0.4 is 0 Å². The molecule has 18 heavy (non-hydrogen) atoms. The fourth-order valence-corrected chi connectivity index (χ4v) is 2.97. The third-order valence-electron chi connectivity index (χ3n) is 3.86. The van der Waals surface area contributed by atoms with Gasteiger partial charge in [0, 0.05) is 19.3 Å². The van der Waals surface area contributed by atoms with E-state index in [2.05, 4.69) is 33.4 Å². The molecule has 0 aromatic carbocycles. The van der Waals surface area contributed by atoms with Crippen molar-refractivity contribution in [2.24, 2.45) is 5.92 Å². The highest BCUT2D eigenvalue weighted by molar-refractivity contribution is 5.71. The maximum absolute atomic E-state index is 4.58. The van der Waals surface area contributed by atoms with Crippen LogP contribution in [0.15, 0.2) is 18.3 Å². The van der Waals surface area contributed by atoms with Crippen LogP contribution in [-0.4, -0.2) is 39.6 Å². The Kier molecular flexibility index (Phi) is 3.04. The first-order valence-corrected chi connectivity index (χ1v) is 6.70. The molecule has 1 aliphatic rings. The fourth-order valence-electron chi connectivity index (χ4n) is 2.97. The molecule has 0 N–H and O–H groups in total. The molecule has 1 aliphatic heterocycles. The summed E-state index contributed by atoms with van der Waals surface area (Å²) < 4.78 is 2.28. The lowest BCUT2D eigenvalue weighted by Gasteiger charge is -2.30. The molecule has 1 saturated heterocycles. The number of hydrogen-bond donors (Lipinski definition) is 0. The molecule has 1 unspecified atom stereocenters. The SMILES string of the molecule is Cc1nc2cccnc2n1CC1CCCN(C)C1. The highest BCUT2D eigenvalue weighted by Crippen LogP contribution is 2.20. The maximum Gasteiger partial charge on any atom is 0.159 e. The molecule has 1 atom stereocenters. The highest BCUT2D eigenvalue weighted by Gasteiger charge is 2.19. The Morgan fingerprint density at radius 2 is 2.33 bits per heavy atom. The van der Waals surface area contributed by atoms with Gasteiger partial charge in [0.2, 0.25) is 0 Å². The first-order valence-electron chi connectivity index (χ1n) is 6.70. The number of nitrogens with zero attached hydrogens (tertiary/aromatic N) is 4. The van der Waals surface area contributed by atoms with Gasteiger partial charge in [-0.3, -0.25) is 0 Å². The van der Waals surface area contributed by atoms with Gasteiger partial charge in [-0.1, -0.05) is 0 Å². The Labute approximate surface area is 108 Å². The Morgan fingerprint density at radius 1 is 1.44 bits per heavy atom. The number of rotatable bonds is 2. The Bertz CT molecular complexity index is 546. The Morgan fingerprint density at radius 3 is 3.17 bits per heavy atom. The molecular weight excluding hydrogens is 224 g/mol. The molecule has 0 radical (unpaired) electrons. The van der Waals surface area contributed by atoms with Gasteiger partial charge >= 0.3 is 0 Å². The topological polar surface area (TPSA) is 34.0 Å². The van der Waals surface area contributed by atoms with Gasteiger partial charge in [-0.2, -0.15) is 0 Å². The summed E-state index contributed by atoms with van der Waals surface area (Å²) in [5.41, 5.74) is 2.04. The van der Waals surface area contributed by atoms with Crippen molar-refractivity contribution in [2.45, 2.75) is 26.3 Å². The molecule has 3 heterocycles. The zero-order chi connectivity index (χ0) is 12.5. The molecule has 3 rings (SSSR count). The summed E-state index contributed by atoms with van der Waals surface area (Å²) in [5.74, 6) is 1.80. The average Bonchev–Trinajstić information content (AvgIpc) is 2.66. The lowest BCUT2D eigenvalue weighted by atomic mass is 9.98. The number of aryl methyl sites for hydroxylation is 1. The summed E-state index contributed by atoms with van der Waals surface area (Å²) in [4.78, 5) is 11.5. The Balaban J connectivity index is 1.87. The van der Waals surface area contributed by atoms with Crippen molar-refractivity contribution in [1.82, 2.24) is 19.4 Å². The van der Waals surface area contributed by atoms with E-state index in [1.807, 2.05) is 18.3 Å². The van der Waals surface area contributed by atoms with Crippen LogP contribution in [0.4, 0.5) is 0 Å². The van der Waals surface area contributed by atoms with Crippen molar-refractivity contribution in [3.05, 3.63) is 24.2 Å². The molecule has 2 aromatic rings. The largest absolute Gasteiger partial charge is 0.313 e. The molecule has 2 aromatic heterocycles. The second kappa shape index (κ2) is 4.69. The molecule has 0 amide bonds. The van der Waals surface area contributed by atoms with E-state index in [0.29, 0.717) is 0 Å². The smallest absolute Gasteiger partial charge is 0.159 e. The summed E-state index contributed by atoms with van der Waals surface area (Å²) in [5, 5.41) is 0. The standard InChI is InChI=1S/C14H20N4/c1-11-16-13-6-3-7-15-14(13)18(11)10-12-5-4-8-17(2)9-12/h3,6-7,12H,4-5,8-10H2,1-2H3. The summed E-state index contributed by atoms with van der Waals surface area (Å²) >= 11 is 0. The zero-order valence-corrected chi connectivity index (χ0v) is 11.1. The predicted octanol–water partition coefficient (Wildman–Crippen LogP) is 2.08. The second-order valence-corrected chi connectivity index (χ2v) is 5.39. The van der Waals surface area contributed by atoms with Gasteiger partial charge in [-0.25, -0.2) is 9.97 Å². The molecule has 1 fully saturated rings. The van der Waals surface area contributed by atoms with Crippen LogP contribution in [0.25, 0.3) is 11.2 Å². The van der Waals surface area contributed by atoms with Crippen LogP contribution in [0, 0.1) is 12.8 Å². The summed E-state index contributed by atoms with van der Waals surface area (Å²) in [7, 11) is 2.21. The first-order chi connectivity index (χ1) is 8.74. The third-order valence-corrected chi connectivity index (χ3v) is 3.86. The van der Waals surface area contributed by atoms with E-state index in [-0.39, 0.29) is 0 Å². The van der Waals surface area contributed by atoms with Gasteiger partial charge in [0.15, 0.2) is 5.65 Å². The molecule has 96 valence electrons. The van der Waals surface area contributed by atoms with Gasteiger partial charge in [-0.05, 0) is 51.4 Å². The van der Waals surface area contributed by atoms with Crippen molar-refractivity contribution in [3.8, 4) is 0 Å². The quantitative estimate of drug-likeness (QED) is 0.811. The number of aromatic nitrogens is 3. The van der Waals surface area contributed by atoms with Gasteiger partial charge in [0.1, 0.15) is 11.3 Å². The number of hydrogen-bond acceptors (Lipinski definition) is 3. The van der Waals surface area contributed by atoms with Gasteiger partial charge in [0.05, 0.1) is 0 Å². The van der Waals surface area contributed by atoms with Crippen LogP contribution in [0.1, 0.15) is 18.7 Å². The van der Waals surface area contributed by atoms with Gasteiger partial charge < -0.3 is 9.47 Å². The van der Waals surface area contributed by atoms with Crippen LogP contribution in [0.5, 0.6) is 0 Å². The minimum atomic E-state index is 0.724. The molecule has 4 heteroatoms. The zero-order valence-electron chi connectivity index (χ0n) is 11.1. The minimum absolute atomic E-state index is 0.724. The molecular formula is C14H20N4. The molecule has 0 aliphatic carbocycles. The van der Waals surface area contributed by atoms with Crippen molar-refractivity contribution in [1.29, 1.82) is 0 Å². The van der Waals surface area contributed by atoms with Gasteiger partial charge in [-0.15, -0.1) is 0 Å². The number of likely N-dealkylation sites (tertiary alicyclic amines) is 1. The van der Waals surface area contributed by atoms with Crippen LogP contribution in [0.3, 0.4) is 0 Å². The summed E-state index contributed by atoms with van der Waals surface area (Å²) in [6.45, 7) is 5.54. The van der Waals surface area contributed by atoms with Gasteiger partial charge in [0.25, 0.3) is 0 Å². The predicted molar refractivity (Wildman–Crippen MR) is 72.5 cm³/mol. The number of fused-ring (bicyclic) bond motifs is 1.